The molecular formula is C106H106F5N29O4. The van der Waals surface area contributed by atoms with Crippen LogP contribution in [0.25, 0.3) is 56.7 Å². The zero-order valence-corrected chi connectivity index (χ0v) is 80.1. The first-order valence-corrected chi connectivity index (χ1v) is 49.6. The number of aryl methyl sites for hydroxylation is 1. The molecule has 0 unspecified atom stereocenters. The van der Waals surface area contributed by atoms with Crippen LogP contribution in [0.4, 0.5) is 51.0 Å². The van der Waals surface area contributed by atoms with Crippen molar-refractivity contribution in [1.82, 2.24) is 120 Å². The van der Waals surface area contributed by atoms with Crippen LogP contribution in [0.15, 0.2) is 192 Å². The Morgan fingerprint density at radius 1 is 0.396 bits per heavy atom. The maximum absolute atomic E-state index is 14.3. The molecule has 33 nitrogen and oxygen atoms in total. The quantitative estimate of drug-likeness (QED) is 0.0881. The summed E-state index contributed by atoms with van der Waals surface area (Å²) in [6.07, 6.45) is 35.3. The van der Waals surface area contributed by atoms with Gasteiger partial charge in [0.25, 0.3) is 0 Å². The lowest BCUT2D eigenvalue weighted by atomic mass is 9.96. The van der Waals surface area contributed by atoms with E-state index < -0.39 is 0 Å². The maximum atomic E-state index is 14.3. The molecule has 10 fully saturated rings. The number of aromatic nitrogens is 19. The summed E-state index contributed by atoms with van der Waals surface area (Å²) in [4.78, 5) is 53.0. The van der Waals surface area contributed by atoms with Crippen LogP contribution in [0.3, 0.4) is 0 Å². The van der Waals surface area contributed by atoms with Crippen LogP contribution in [-0.4, -0.2) is 183 Å². The molecule has 23 heterocycles. The molecule has 38 heteroatoms. The van der Waals surface area contributed by atoms with Gasteiger partial charge in [0.2, 0.25) is 17.6 Å². The number of nitrogens with one attached hydrogen (secondary N) is 5. The molecule has 6 aliphatic carbocycles. The Bertz CT molecular complexity index is 7430. The normalized spacial score (nSPS) is 26.1. The van der Waals surface area contributed by atoms with Crippen LogP contribution < -0.4 is 70.0 Å². The molecule has 14 aromatic heterocycles. The summed E-state index contributed by atoms with van der Waals surface area (Å²) in [5, 5.41) is 39.6. The van der Waals surface area contributed by atoms with Crippen molar-refractivity contribution in [2.75, 3.05) is 90.7 Å². The fourth-order valence-electron chi connectivity index (χ4n) is 24.5. The van der Waals surface area contributed by atoms with Crippen LogP contribution in [0.2, 0.25) is 0 Å². The highest BCUT2D eigenvalue weighted by Gasteiger charge is 2.69. The van der Waals surface area contributed by atoms with Gasteiger partial charge in [0.05, 0.1) is 129 Å². The standard InChI is InChI=1S/C22H23FN6.3C21H21FN6O.C21H20FN5O/c1-13-3-4-19-18(9-16(23)11-24-19)22-10-15(22)5-7-28(22)20-6-8-29-21(27-20)17(12-25-29)14(2)26-13;1-13-15-11-24-28-8-3-17(25-18(15)28)27(2)21(6-7-21)16-9-14(22)10-23-19(16)29-12-20(26-13)4-5-20;1-12-11-29-20-17(7-15(22)9-23-20)21-8-14(21)3-5-27(21)18-4-6-28-19(26-18)16(10-24-28)13(2)25-12;1-12-11-29-20-16(7-15(22)9-24-20)21-8-14(21)5-6-27(21)19-4-3-18-23-10-17(13(2)25-12)28(18)26-19;1-13-16-12-24-27-8-5-19(25-20(16)27)26-7-4-14-11-21(14,26)17-10-15(22)2-3-18(17)28-9-6-23-13/h6,8-9,11-13,15,26H,2-5,7,10H2,1H3;3,8-11,26H,1,4-7,12H2,2H3;4,6-7,9-10,12,14,25H,2-3,5,8,11H2,1H3;3-4,7,9-10,12,14,25H,2,5-6,8,11H2,1H3;2-3,5,8,10,12,14,23H,1,4,6-7,9,11H2/t13-,15+,22-;;2*12-,14+,21-;14-,21+/m1.110/s1. The van der Waals surface area contributed by atoms with Gasteiger partial charge in [0, 0.05) is 127 Å². The van der Waals surface area contributed by atoms with Gasteiger partial charge in [-0.15, -0.1) is 5.10 Å². The number of hydrogen-bond acceptors (Lipinski definition) is 28. The smallest absolute Gasteiger partial charge is 0.219 e. The van der Waals surface area contributed by atoms with Gasteiger partial charge in [-0.2, -0.15) is 20.4 Å². The molecular weight excluding hydrogens is 1840 g/mol. The molecule has 15 aliphatic rings. The molecule has 6 saturated carbocycles. The van der Waals surface area contributed by atoms with Crippen LogP contribution >= 0.6 is 0 Å². The first-order valence-electron chi connectivity index (χ1n) is 49.6. The van der Waals surface area contributed by atoms with Gasteiger partial charge in [0.15, 0.2) is 28.2 Å². The Balaban J connectivity index is 0.0000000918. The predicted octanol–water partition coefficient (Wildman–Crippen LogP) is 14.6. The Morgan fingerprint density at radius 3 is 1.35 bits per heavy atom. The molecule has 0 radical (unpaired) electrons. The molecule has 30 rings (SSSR count). The van der Waals surface area contributed by atoms with Crippen molar-refractivity contribution in [3.8, 4) is 23.4 Å². The molecule has 6 spiro atoms. The average Bonchev–Trinajstić information content (AvgIpc) is 1.53. The third-order valence-electron chi connectivity index (χ3n) is 32.4. The zero-order chi connectivity index (χ0) is 97.9. The molecule has 734 valence electrons. The van der Waals surface area contributed by atoms with Gasteiger partial charge in [-0.05, 0) is 213 Å². The highest BCUT2D eigenvalue weighted by atomic mass is 19.1. The van der Waals surface area contributed by atoms with Crippen molar-refractivity contribution in [1.29, 1.82) is 0 Å². The van der Waals surface area contributed by atoms with Gasteiger partial charge >= 0.3 is 0 Å². The van der Waals surface area contributed by atoms with Gasteiger partial charge in [-0.3, -0.25) is 4.98 Å². The number of ether oxygens (including phenoxy) is 4. The Hall–Kier alpha value is -15.5. The van der Waals surface area contributed by atoms with E-state index in [2.05, 4.69) is 136 Å². The molecule has 0 amide bonds. The van der Waals surface area contributed by atoms with E-state index >= 15 is 0 Å². The highest BCUT2D eigenvalue weighted by Crippen LogP contribution is 2.69. The first-order chi connectivity index (χ1) is 69.8. The largest absolute Gasteiger partial charge is 0.491 e. The van der Waals surface area contributed by atoms with E-state index in [-0.39, 0.29) is 80.4 Å². The molecule has 5 N–H and O–H groups in total. The summed E-state index contributed by atoms with van der Waals surface area (Å²) in [6.45, 7) is 32.9. The third-order valence-corrected chi connectivity index (χ3v) is 32.4. The number of fused-ring (bicyclic) bond motifs is 15. The molecule has 1 aromatic carbocycles. The number of rotatable bonds is 0. The number of imidazole rings is 1. The van der Waals surface area contributed by atoms with Gasteiger partial charge in [0.1, 0.15) is 96.0 Å². The van der Waals surface area contributed by atoms with E-state index in [0.717, 1.165) is 269 Å². The number of pyridine rings is 4. The maximum Gasteiger partial charge on any atom is 0.219 e. The van der Waals surface area contributed by atoms with E-state index in [1.165, 1.54) is 30.9 Å². The second-order valence-corrected chi connectivity index (χ2v) is 41.2. The summed E-state index contributed by atoms with van der Waals surface area (Å²) in [6, 6.07) is 23.3. The van der Waals surface area contributed by atoms with Crippen LogP contribution in [-0.2, 0) is 34.1 Å². The van der Waals surface area contributed by atoms with Crippen molar-refractivity contribution < 1.29 is 40.9 Å². The SMILES string of the molecule is C=C1NC2(CC2)COc2ncc(F)cc2C2(CC2)N(C)c2ccn3ncc1c3n2.C=C1NCCOc2ccc(F)cc2[C@@]23C[C@@H]2CCN3c2ccn3ncc1c3n2.C=C1N[C@H](C)CCc2ncc(F)cc2[C@@]23C[C@@H]2CCN3c2ccn3ncc1c3n2.C=C1N[C@H](C)COc2ncc(F)cc2[C@@]23C[C@@H]2CCN3c2ccc3ncc1n3n2.C=C1N[C@H](C)COc2ncc(F)cc2[C@@]23C[C@@H]2CCN3c2ccn3ncc1c3n2. The van der Waals surface area contributed by atoms with E-state index in [4.69, 9.17) is 44.0 Å². The van der Waals surface area contributed by atoms with Gasteiger partial charge < -0.3 is 70.0 Å². The fraction of sp³-hybridized carbons (Fsp3) is 0.377. The first kappa shape index (κ1) is 88.6. The minimum absolute atomic E-state index is 0.0201. The fourth-order valence-corrected chi connectivity index (χ4v) is 24.5. The van der Waals surface area contributed by atoms with Crippen molar-refractivity contribution in [3.63, 3.8) is 0 Å². The number of hydrogen-bond donors (Lipinski definition) is 5. The van der Waals surface area contributed by atoms with Crippen LogP contribution in [0.1, 0.15) is 166 Å². The third kappa shape index (κ3) is 14.5. The lowest BCUT2D eigenvalue weighted by Gasteiger charge is -2.31. The minimum atomic E-state index is -0.370. The summed E-state index contributed by atoms with van der Waals surface area (Å²) in [7, 11) is 1.99. The molecule has 11 atom stereocenters. The summed E-state index contributed by atoms with van der Waals surface area (Å²) in [5.41, 5.74) is 15.8. The van der Waals surface area contributed by atoms with Crippen molar-refractivity contribution in [2.45, 2.75) is 162 Å². The van der Waals surface area contributed by atoms with E-state index in [9.17, 15) is 22.0 Å². The van der Waals surface area contributed by atoms with Crippen LogP contribution in [0, 0.1) is 52.8 Å². The average molecular weight is 1950 g/mol. The molecule has 10 bridgehead atoms. The minimum Gasteiger partial charge on any atom is -0.491 e. The molecule has 4 saturated heterocycles. The lowest BCUT2D eigenvalue weighted by Crippen LogP contribution is -2.36. The Kier molecular flexibility index (Phi) is 20.3. The Morgan fingerprint density at radius 2 is 0.833 bits per heavy atom. The monoisotopic (exact) mass is 1940 g/mol. The topological polar surface area (TPSA) is 316 Å². The van der Waals surface area contributed by atoms with E-state index in [1.807, 2.05) is 92.8 Å². The molecule has 15 aromatic rings. The number of piperidine rings is 4. The number of anilines is 5. The second-order valence-electron chi connectivity index (χ2n) is 41.2. The predicted molar refractivity (Wildman–Crippen MR) is 531 cm³/mol. The van der Waals surface area contributed by atoms with Crippen molar-refractivity contribution in [3.05, 3.63) is 283 Å². The van der Waals surface area contributed by atoms with E-state index in [0.29, 0.717) is 74.3 Å². The van der Waals surface area contributed by atoms with Crippen molar-refractivity contribution in [2.24, 2.45) is 23.7 Å². The van der Waals surface area contributed by atoms with Gasteiger partial charge in [-0.25, -0.2) is 84.4 Å². The lowest BCUT2D eigenvalue weighted by molar-refractivity contribution is 0.251. The number of halogens is 5. The van der Waals surface area contributed by atoms with Gasteiger partial charge in [-0.1, -0.05) is 32.9 Å². The highest BCUT2D eigenvalue weighted by molar-refractivity contribution is 5.79. The summed E-state index contributed by atoms with van der Waals surface area (Å²) >= 11 is 0. The summed E-state index contributed by atoms with van der Waals surface area (Å²) < 4.78 is 104. The van der Waals surface area contributed by atoms with Crippen molar-refractivity contribution >= 4 is 85.8 Å². The zero-order valence-electron chi connectivity index (χ0n) is 80.1. The second kappa shape index (κ2) is 33.0. The number of benzene rings is 1. The molecule has 144 heavy (non-hydrogen) atoms. The van der Waals surface area contributed by atoms with Crippen LogP contribution in [0.5, 0.6) is 23.4 Å². The Labute approximate surface area is 824 Å². The summed E-state index contributed by atoms with van der Waals surface area (Å²) in [5.74, 6) is 6.93. The number of nitrogens with zero attached hydrogens (tertiary/aromatic N) is 24. The van der Waals surface area contributed by atoms with E-state index in [1.54, 1.807) is 79.2 Å². The molecule has 9 aliphatic heterocycles.